The highest BCUT2D eigenvalue weighted by Crippen LogP contribution is 2.39. The van der Waals surface area contributed by atoms with Gasteiger partial charge < -0.3 is 8.83 Å². The van der Waals surface area contributed by atoms with Crippen LogP contribution in [0.25, 0.3) is 71.9 Å². The van der Waals surface area contributed by atoms with E-state index < -0.39 is 0 Å². The average Bonchev–Trinajstić information content (AvgIpc) is 3.78. The summed E-state index contributed by atoms with van der Waals surface area (Å²) < 4.78 is 12.7. The summed E-state index contributed by atoms with van der Waals surface area (Å²) in [6, 6.07) is 52.2. The van der Waals surface area contributed by atoms with E-state index in [2.05, 4.69) is 122 Å². The number of hydrogen-bond donors (Lipinski definition) is 0. The Morgan fingerprint density at radius 3 is 2.13 bits per heavy atom. The Bertz CT molecular complexity index is 2920. The monoisotopic (exact) mass is 670 g/mol. The van der Waals surface area contributed by atoms with E-state index in [4.69, 9.17) is 18.8 Å². The molecule has 4 heteroatoms. The molecular weight excluding hydrogens is 637 g/mol. The molecule has 7 aromatic carbocycles. The molecule has 0 amide bonds. The highest BCUT2D eigenvalue weighted by molar-refractivity contribution is 6.27. The number of furan rings is 2. The molecule has 248 valence electrons. The fourth-order valence-electron chi connectivity index (χ4n) is 7.23. The van der Waals surface area contributed by atoms with Gasteiger partial charge in [0.1, 0.15) is 22.3 Å². The van der Waals surface area contributed by atoms with Gasteiger partial charge in [-0.05, 0) is 82.4 Å². The maximum Gasteiger partial charge on any atom is 0.155 e. The first kappa shape index (κ1) is 31.2. The zero-order valence-corrected chi connectivity index (χ0v) is 28.9. The van der Waals surface area contributed by atoms with Gasteiger partial charge in [-0.3, -0.25) is 4.99 Å². The van der Waals surface area contributed by atoms with E-state index in [1.165, 1.54) is 10.8 Å². The predicted octanol–water partition coefficient (Wildman–Crippen LogP) is 12.8. The summed E-state index contributed by atoms with van der Waals surface area (Å²) in [5.41, 5.74) is 10.3. The molecule has 0 saturated carbocycles. The van der Waals surface area contributed by atoms with Crippen LogP contribution in [0.4, 0.5) is 0 Å². The van der Waals surface area contributed by atoms with Gasteiger partial charge in [-0.2, -0.15) is 0 Å². The smallest absolute Gasteiger partial charge is 0.155 e. The van der Waals surface area contributed by atoms with E-state index in [1.807, 2.05) is 61.6 Å². The Morgan fingerprint density at radius 1 is 0.577 bits per heavy atom. The Kier molecular flexibility index (Phi) is 7.90. The molecule has 0 bridgehead atoms. The second-order valence-electron chi connectivity index (χ2n) is 12.8. The lowest BCUT2D eigenvalue weighted by molar-refractivity contribution is 0.668. The molecule has 0 spiro atoms. The van der Waals surface area contributed by atoms with Gasteiger partial charge in [0.25, 0.3) is 0 Å². The van der Waals surface area contributed by atoms with Crippen molar-refractivity contribution < 1.29 is 8.83 Å². The Hall–Kier alpha value is -6.78. The Labute approximate surface area is 301 Å². The number of fused-ring (bicyclic) bond motifs is 7. The molecule has 0 fully saturated rings. The van der Waals surface area contributed by atoms with E-state index in [-0.39, 0.29) is 0 Å². The van der Waals surface area contributed by atoms with Crippen LogP contribution in [0, 0.1) is 0 Å². The number of allylic oxidation sites excluding steroid dienone is 3. The summed E-state index contributed by atoms with van der Waals surface area (Å²) in [4.78, 5) is 10.3. The second kappa shape index (κ2) is 13.2. The number of nitrogens with zero attached hydrogens (tertiary/aromatic N) is 2. The van der Waals surface area contributed by atoms with Gasteiger partial charge >= 0.3 is 0 Å². The fraction of sp³-hybridized carbons (Fsp3) is 0.0417. The highest BCUT2D eigenvalue weighted by Gasteiger charge is 2.20. The molecule has 9 aromatic rings. The molecule has 0 N–H and O–H groups in total. The molecule has 0 unspecified atom stereocenters. The van der Waals surface area contributed by atoms with E-state index in [0.29, 0.717) is 5.84 Å². The van der Waals surface area contributed by atoms with Crippen LogP contribution >= 0.6 is 0 Å². The SMILES string of the molecule is C/C=C(\C=C/c1ccc2ccccc2c1)C(=NC(=NC)c1cccc2oc3cccc(-c4ccccc4)c3c12)c1ccc2oc3ccccc3c2c1. The molecule has 9 rings (SSSR count). The lowest BCUT2D eigenvalue weighted by Crippen LogP contribution is -2.09. The third kappa shape index (κ3) is 5.51. The topological polar surface area (TPSA) is 51.0 Å². The predicted molar refractivity (Wildman–Crippen MR) is 219 cm³/mol. The van der Waals surface area contributed by atoms with E-state index in [1.54, 1.807) is 0 Å². The zero-order valence-electron chi connectivity index (χ0n) is 28.9. The molecule has 52 heavy (non-hydrogen) atoms. The quantitative estimate of drug-likeness (QED) is 0.100. The van der Waals surface area contributed by atoms with Crippen LogP contribution < -0.4 is 0 Å². The third-order valence-corrected chi connectivity index (χ3v) is 9.74. The molecule has 0 aliphatic carbocycles. The van der Waals surface area contributed by atoms with Crippen molar-refractivity contribution in [1.82, 2.24) is 0 Å². The number of aliphatic imine (C=N–C) groups is 2. The van der Waals surface area contributed by atoms with Crippen molar-refractivity contribution in [3.63, 3.8) is 0 Å². The molecule has 0 aliphatic rings. The minimum atomic E-state index is 0.613. The highest BCUT2D eigenvalue weighted by atomic mass is 16.3. The molecular formula is C48H34N2O2. The first-order chi connectivity index (χ1) is 25.7. The minimum Gasteiger partial charge on any atom is -0.456 e. The van der Waals surface area contributed by atoms with Crippen molar-refractivity contribution in [3.8, 4) is 11.1 Å². The molecule has 2 aromatic heterocycles. The van der Waals surface area contributed by atoms with Crippen molar-refractivity contribution >= 4 is 72.3 Å². The summed E-state index contributed by atoms with van der Waals surface area (Å²) in [7, 11) is 1.81. The third-order valence-electron chi connectivity index (χ3n) is 9.74. The van der Waals surface area contributed by atoms with Crippen LogP contribution in [0.3, 0.4) is 0 Å². The van der Waals surface area contributed by atoms with Gasteiger partial charge in [0.2, 0.25) is 0 Å². The molecule has 2 heterocycles. The van der Waals surface area contributed by atoms with Crippen molar-refractivity contribution in [2.75, 3.05) is 7.05 Å². The fourth-order valence-corrected chi connectivity index (χ4v) is 7.23. The van der Waals surface area contributed by atoms with Crippen LogP contribution in [-0.2, 0) is 0 Å². The lowest BCUT2D eigenvalue weighted by Gasteiger charge is -2.12. The van der Waals surface area contributed by atoms with Crippen LogP contribution in [0.2, 0.25) is 0 Å². The zero-order chi connectivity index (χ0) is 35.0. The number of rotatable bonds is 6. The maximum absolute atomic E-state index is 6.47. The summed E-state index contributed by atoms with van der Waals surface area (Å²) in [6.45, 7) is 2.06. The maximum atomic E-state index is 6.47. The van der Waals surface area contributed by atoms with Crippen LogP contribution in [0.1, 0.15) is 23.6 Å². The van der Waals surface area contributed by atoms with Gasteiger partial charge in [-0.15, -0.1) is 0 Å². The van der Waals surface area contributed by atoms with E-state index in [9.17, 15) is 0 Å². The number of hydrogen-bond acceptors (Lipinski definition) is 3. The summed E-state index contributed by atoms with van der Waals surface area (Å²) in [6.07, 6.45) is 6.42. The molecule has 0 aliphatic heterocycles. The molecule has 4 nitrogen and oxygen atoms in total. The first-order valence-electron chi connectivity index (χ1n) is 17.5. The van der Waals surface area contributed by atoms with E-state index in [0.717, 1.165) is 83.0 Å². The van der Waals surface area contributed by atoms with Crippen molar-refractivity contribution in [3.05, 3.63) is 186 Å². The molecule has 0 saturated heterocycles. The number of para-hydroxylation sites is 1. The van der Waals surface area contributed by atoms with Crippen molar-refractivity contribution in [2.45, 2.75) is 6.92 Å². The largest absolute Gasteiger partial charge is 0.456 e. The number of benzene rings is 7. The summed E-state index contributed by atoms with van der Waals surface area (Å²) in [5.74, 6) is 0.613. The van der Waals surface area contributed by atoms with E-state index >= 15 is 0 Å². The normalized spacial score (nSPS) is 13.1. The summed E-state index contributed by atoms with van der Waals surface area (Å²) in [5, 5.41) is 6.57. The minimum absolute atomic E-state index is 0.613. The van der Waals surface area contributed by atoms with Crippen LogP contribution in [0.5, 0.6) is 0 Å². The van der Waals surface area contributed by atoms with Gasteiger partial charge in [0.15, 0.2) is 5.84 Å². The van der Waals surface area contributed by atoms with Crippen LogP contribution in [0.15, 0.2) is 188 Å². The Morgan fingerprint density at radius 2 is 1.29 bits per heavy atom. The molecule has 0 atom stereocenters. The standard InChI is InChI=1S/C48H34N2O2/c1-3-32(25-23-31-24-26-33-13-7-8-16-35(33)29-31)47(36-27-28-42-40(30-36)38-17-9-10-20-41(38)51-42)50-48(49-2)39-19-12-22-44-46(39)45-37(18-11-21-43(45)52-44)34-14-5-4-6-15-34/h3-30H,1-2H3/b25-23-,32-3+,49-48?,50-47?. The van der Waals surface area contributed by atoms with Crippen molar-refractivity contribution in [1.29, 1.82) is 0 Å². The average molecular weight is 671 g/mol. The van der Waals surface area contributed by atoms with Gasteiger partial charge in [0.05, 0.1) is 5.71 Å². The van der Waals surface area contributed by atoms with Gasteiger partial charge in [-0.1, -0.05) is 127 Å². The van der Waals surface area contributed by atoms with Crippen molar-refractivity contribution in [2.24, 2.45) is 9.98 Å². The molecule has 0 radical (unpaired) electrons. The lowest BCUT2D eigenvalue weighted by atomic mass is 9.96. The van der Waals surface area contributed by atoms with Gasteiger partial charge in [-0.25, -0.2) is 4.99 Å². The van der Waals surface area contributed by atoms with Gasteiger partial charge in [0, 0.05) is 39.7 Å². The first-order valence-corrected chi connectivity index (χ1v) is 17.5. The number of amidine groups is 1. The summed E-state index contributed by atoms with van der Waals surface area (Å²) >= 11 is 0. The van der Waals surface area contributed by atoms with Crippen LogP contribution in [-0.4, -0.2) is 18.6 Å². The second-order valence-corrected chi connectivity index (χ2v) is 12.8. The Balaban J connectivity index is 1.24.